The highest BCUT2D eigenvalue weighted by atomic mass is 35.5. The second-order valence-electron chi connectivity index (χ2n) is 8.69. The van der Waals surface area contributed by atoms with E-state index < -0.39 is 0 Å². The van der Waals surface area contributed by atoms with Crippen LogP contribution in [-0.2, 0) is 9.59 Å². The highest BCUT2D eigenvalue weighted by molar-refractivity contribution is 6.31. The minimum atomic E-state index is -0.345. The number of halogens is 1. The second-order valence-corrected chi connectivity index (χ2v) is 9.12. The summed E-state index contributed by atoms with van der Waals surface area (Å²) in [6.45, 7) is 0.228. The summed E-state index contributed by atoms with van der Waals surface area (Å²) in [5.74, 6) is 2.46. The van der Waals surface area contributed by atoms with Crippen LogP contribution in [-0.4, -0.2) is 30.5 Å². The average Bonchev–Trinajstić information content (AvgIpc) is 2.53. The molecule has 6 rings (SSSR count). The molecule has 4 aliphatic carbocycles. The molecular formula is C20H23ClN2O3. The number of ether oxygens (including phenoxy) is 1. The second kappa shape index (κ2) is 5.88. The first-order chi connectivity index (χ1) is 12.5. The van der Waals surface area contributed by atoms with Gasteiger partial charge >= 0.3 is 5.97 Å². The third-order valence-electron chi connectivity index (χ3n) is 6.58. The summed E-state index contributed by atoms with van der Waals surface area (Å²) in [7, 11) is 0. The third kappa shape index (κ3) is 2.86. The maximum atomic E-state index is 12.9. The molecule has 1 heterocycles. The average molecular weight is 375 g/mol. The van der Waals surface area contributed by atoms with E-state index in [1.807, 2.05) is 0 Å². The van der Waals surface area contributed by atoms with E-state index in [1.54, 1.807) is 23.1 Å². The Morgan fingerprint density at radius 2 is 1.85 bits per heavy atom. The van der Waals surface area contributed by atoms with Crippen LogP contribution in [0.4, 0.5) is 5.69 Å². The van der Waals surface area contributed by atoms with Gasteiger partial charge in [-0.1, -0.05) is 11.6 Å². The molecule has 0 saturated heterocycles. The van der Waals surface area contributed by atoms with Gasteiger partial charge in [-0.3, -0.25) is 4.79 Å². The van der Waals surface area contributed by atoms with Gasteiger partial charge in [-0.05, 0) is 74.5 Å². The summed E-state index contributed by atoms with van der Waals surface area (Å²) in [5.41, 5.74) is 0.692. The Bertz CT molecular complexity index is 743. The molecule has 6 heteroatoms. The molecule has 4 bridgehead atoms. The molecule has 1 N–H and O–H groups in total. The molecule has 5 nitrogen and oxygen atoms in total. The van der Waals surface area contributed by atoms with Gasteiger partial charge in [0, 0.05) is 10.6 Å². The van der Waals surface area contributed by atoms with Crippen molar-refractivity contribution in [3.05, 3.63) is 23.2 Å². The molecular weight excluding hydrogens is 352 g/mol. The highest BCUT2D eigenvalue weighted by Gasteiger charge is 2.51. The molecule has 0 radical (unpaired) electrons. The highest BCUT2D eigenvalue weighted by Crippen LogP contribution is 2.55. The standard InChI is InChI=1S/C20H23ClN2O3/c21-15-1-2-17-16(6-15)23(11-19(25)26-17)10-18(24)22-20-7-12-3-13(8-20)5-14(4-12)9-20/h1-2,6,12-14H,3-5,7-11H2,(H,22,24). The minimum absolute atomic E-state index is 0.00687. The van der Waals surface area contributed by atoms with Gasteiger partial charge in [0.1, 0.15) is 6.54 Å². The van der Waals surface area contributed by atoms with Crippen LogP contribution in [0.1, 0.15) is 38.5 Å². The number of nitrogens with one attached hydrogen (secondary N) is 1. The summed E-state index contributed by atoms with van der Waals surface area (Å²) in [5, 5.41) is 3.93. The predicted molar refractivity (Wildman–Crippen MR) is 98.3 cm³/mol. The topological polar surface area (TPSA) is 58.6 Å². The normalized spacial score (nSPS) is 34.4. The Kier molecular flexibility index (Phi) is 3.71. The lowest BCUT2D eigenvalue weighted by Crippen LogP contribution is -2.61. The van der Waals surface area contributed by atoms with Crippen LogP contribution in [0.5, 0.6) is 5.75 Å². The monoisotopic (exact) mass is 374 g/mol. The van der Waals surface area contributed by atoms with Crippen molar-refractivity contribution in [3.63, 3.8) is 0 Å². The van der Waals surface area contributed by atoms with Gasteiger partial charge in [0.2, 0.25) is 5.91 Å². The summed E-state index contributed by atoms with van der Waals surface area (Å²) < 4.78 is 5.26. The van der Waals surface area contributed by atoms with Gasteiger partial charge in [-0.15, -0.1) is 0 Å². The van der Waals surface area contributed by atoms with Gasteiger partial charge in [0.25, 0.3) is 0 Å². The molecule has 0 unspecified atom stereocenters. The van der Waals surface area contributed by atoms with Gasteiger partial charge in [-0.25, -0.2) is 4.79 Å². The lowest BCUT2D eigenvalue weighted by Gasteiger charge is -2.57. The first-order valence-electron chi connectivity index (χ1n) is 9.54. The van der Waals surface area contributed by atoms with Crippen molar-refractivity contribution < 1.29 is 14.3 Å². The van der Waals surface area contributed by atoms with E-state index in [4.69, 9.17) is 16.3 Å². The van der Waals surface area contributed by atoms with Crippen LogP contribution in [0.3, 0.4) is 0 Å². The molecule has 1 aliphatic heterocycles. The zero-order valence-electron chi connectivity index (χ0n) is 14.7. The number of rotatable bonds is 3. The van der Waals surface area contributed by atoms with E-state index in [1.165, 1.54) is 19.3 Å². The fraction of sp³-hybridized carbons (Fsp3) is 0.600. The molecule has 1 amide bonds. The molecule has 4 fully saturated rings. The van der Waals surface area contributed by atoms with E-state index in [2.05, 4.69) is 5.32 Å². The predicted octanol–water partition coefficient (Wildman–Crippen LogP) is 3.15. The molecule has 1 aromatic carbocycles. The Morgan fingerprint density at radius 3 is 2.50 bits per heavy atom. The number of anilines is 1. The van der Waals surface area contributed by atoms with Crippen LogP contribution in [0.2, 0.25) is 5.02 Å². The number of benzene rings is 1. The lowest BCUT2D eigenvalue weighted by atomic mass is 9.53. The van der Waals surface area contributed by atoms with Crippen molar-refractivity contribution in [2.24, 2.45) is 17.8 Å². The number of hydrogen-bond donors (Lipinski definition) is 1. The van der Waals surface area contributed by atoms with Crippen molar-refractivity contribution in [2.75, 3.05) is 18.0 Å². The molecule has 0 atom stereocenters. The van der Waals surface area contributed by atoms with Crippen LogP contribution in [0.15, 0.2) is 18.2 Å². The smallest absolute Gasteiger partial charge is 0.331 e. The van der Waals surface area contributed by atoms with E-state index in [0.717, 1.165) is 37.0 Å². The molecule has 1 aromatic rings. The number of amides is 1. The molecule has 138 valence electrons. The first-order valence-corrected chi connectivity index (χ1v) is 9.92. The van der Waals surface area contributed by atoms with Crippen molar-refractivity contribution in [1.82, 2.24) is 5.32 Å². The van der Waals surface area contributed by atoms with Crippen molar-refractivity contribution in [2.45, 2.75) is 44.1 Å². The van der Waals surface area contributed by atoms with Crippen molar-refractivity contribution >= 4 is 29.2 Å². The van der Waals surface area contributed by atoms with Gasteiger partial charge in [-0.2, -0.15) is 0 Å². The fourth-order valence-electron chi connectivity index (χ4n) is 6.13. The number of fused-ring (bicyclic) bond motifs is 1. The summed E-state index contributed by atoms with van der Waals surface area (Å²) >= 11 is 6.09. The van der Waals surface area contributed by atoms with Gasteiger partial charge < -0.3 is 15.0 Å². The Morgan fingerprint density at radius 1 is 1.19 bits per heavy atom. The number of nitrogens with zero attached hydrogens (tertiary/aromatic N) is 1. The summed E-state index contributed by atoms with van der Waals surface area (Å²) in [6.07, 6.45) is 7.40. The summed E-state index contributed by atoms with van der Waals surface area (Å²) in [6, 6.07) is 5.12. The first kappa shape index (κ1) is 16.4. The van der Waals surface area contributed by atoms with Crippen molar-refractivity contribution in [3.8, 4) is 5.75 Å². The molecule has 0 spiro atoms. The van der Waals surface area contributed by atoms with E-state index in [0.29, 0.717) is 16.5 Å². The minimum Gasteiger partial charge on any atom is -0.423 e. The zero-order valence-corrected chi connectivity index (χ0v) is 15.4. The van der Waals surface area contributed by atoms with Crippen LogP contribution in [0.25, 0.3) is 0 Å². The third-order valence-corrected chi connectivity index (χ3v) is 6.82. The maximum Gasteiger partial charge on any atom is 0.331 e. The number of carbonyl (C=O) groups is 2. The SMILES string of the molecule is O=C(CN1CC(=O)Oc2ccc(Cl)cc21)NC12CC3CC(CC(C3)C1)C2. The lowest BCUT2D eigenvalue weighted by molar-refractivity contribution is -0.133. The largest absolute Gasteiger partial charge is 0.423 e. The van der Waals surface area contributed by atoms with Crippen LogP contribution < -0.4 is 15.0 Å². The molecule has 4 saturated carbocycles. The molecule has 26 heavy (non-hydrogen) atoms. The van der Waals surface area contributed by atoms with Crippen molar-refractivity contribution in [1.29, 1.82) is 0 Å². The van der Waals surface area contributed by atoms with E-state index in [9.17, 15) is 9.59 Å². The van der Waals surface area contributed by atoms with Gasteiger partial charge in [0.15, 0.2) is 5.75 Å². The maximum absolute atomic E-state index is 12.9. The molecule has 5 aliphatic rings. The molecule has 0 aromatic heterocycles. The van der Waals surface area contributed by atoms with E-state index in [-0.39, 0.29) is 30.5 Å². The fourth-order valence-corrected chi connectivity index (χ4v) is 6.30. The van der Waals surface area contributed by atoms with Crippen LogP contribution >= 0.6 is 11.6 Å². The number of carbonyl (C=O) groups excluding carboxylic acids is 2. The quantitative estimate of drug-likeness (QED) is 0.652. The van der Waals surface area contributed by atoms with Gasteiger partial charge in [0.05, 0.1) is 12.2 Å². The number of hydrogen-bond acceptors (Lipinski definition) is 4. The number of esters is 1. The summed E-state index contributed by atoms with van der Waals surface area (Å²) in [4.78, 5) is 26.5. The Balaban J connectivity index is 1.32. The van der Waals surface area contributed by atoms with Crippen LogP contribution in [0, 0.1) is 17.8 Å². The Labute approximate surface area is 158 Å². The van der Waals surface area contributed by atoms with E-state index >= 15 is 0 Å². The Hall–Kier alpha value is -1.75. The zero-order chi connectivity index (χ0) is 17.9.